The van der Waals surface area contributed by atoms with E-state index < -0.39 is 0 Å². The van der Waals surface area contributed by atoms with Crippen LogP contribution in [0.2, 0.25) is 0 Å². The Balaban J connectivity index is 1.42. The molecule has 7 nitrogen and oxygen atoms in total. The molecule has 2 atom stereocenters. The number of hydrogen-bond acceptors (Lipinski definition) is 4. The summed E-state index contributed by atoms with van der Waals surface area (Å²) in [4.78, 5) is 40.5. The average Bonchev–Trinajstić information content (AvgIpc) is 2.80. The Labute approximate surface area is 194 Å². The summed E-state index contributed by atoms with van der Waals surface area (Å²) < 4.78 is 2.01. The molecule has 0 saturated carbocycles. The van der Waals surface area contributed by atoms with Crippen LogP contribution in [0.3, 0.4) is 0 Å². The fourth-order valence-electron chi connectivity index (χ4n) is 6.08. The van der Waals surface area contributed by atoms with Gasteiger partial charge in [0.1, 0.15) is 0 Å². The van der Waals surface area contributed by atoms with Gasteiger partial charge >= 0.3 is 0 Å². The summed E-state index contributed by atoms with van der Waals surface area (Å²) >= 11 is 0. The normalized spacial score (nSPS) is 23.2. The number of aromatic nitrogens is 1. The number of amides is 2. The first-order valence-electron chi connectivity index (χ1n) is 12.0. The number of likely N-dealkylation sites (tertiary alicyclic amines) is 2. The molecule has 5 rings (SSSR count). The van der Waals surface area contributed by atoms with Gasteiger partial charge in [-0.15, -0.1) is 0 Å². The van der Waals surface area contributed by atoms with Crippen molar-refractivity contribution in [1.82, 2.24) is 14.4 Å². The number of carbonyl (C=O) groups is 2. The summed E-state index contributed by atoms with van der Waals surface area (Å²) in [5.74, 6) is 0.889. The number of nitrogens with zero attached hydrogens (tertiary/aromatic N) is 3. The SMILES string of the molecule is CC(=O)Nc1ccc(-c2ccc(=O)n3c2[C@H]2C[C@@H](CN(C4CCN(C(C)=O)CC4)C2)C3)cc1. The van der Waals surface area contributed by atoms with Crippen molar-refractivity contribution in [3.05, 3.63) is 52.4 Å². The highest BCUT2D eigenvalue weighted by Gasteiger charge is 2.39. The van der Waals surface area contributed by atoms with Gasteiger partial charge in [-0.3, -0.25) is 19.3 Å². The van der Waals surface area contributed by atoms with Crippen LogP contribution >= 0.6 is 0 Å². The van der Waals surface area contributed by atoms with Crippen molar-refractivity contribution in [3.8, 4) is 11.1 Å². The number of rotatable bonds is 3. The van der Waals surface area contributed by atoms with Gasteiger partial charge in [0.25, 0.3) is 5.56 Å². The zero-order valence-electron chi connectivity index (χ0n) is 19.4. The monoisotopic (exact) mass is 448 g/mol. The lowest BCUT2D eigenvalue weighted by Crippen LogP contribution is -2.53. The first-order chi connectivity index (χ1) is 15.9. The maximum absolute atomic E-state index is 12.8. The van der Waals surface area contributed by atoms with Crippen molar-refractivity contribution in [2.45, 2.75) is 51.6 Å². The van der Waals surface area contributed by atoms with Crippen LogP contribution in [0.5, 0.6) is 0 Å². The molecule has 0 radical (unpaired) electrons. The second-order valence-corrected chi connectivity index (χ2v) is 9.83. The first-order valence-corrected chi connectivity index (χ1v) is 12.0. The second-order valence-electron chi connectivity index (χ2n) is 9.83. The fourth-order valence-corrected chi connectivity index (χ4v) is 6.08. The lowest BCUT2D eigenvalue weighted by Gasteiger charge is -2.48. The third-order valence-corrected chi connectivity index (χ3v) is 7.56. The van der Waals surface area contributed by atoms with E-state index >= 15 is 0 Å². The number of pyridine rings is 1. The molecule has 2 aromatic rings. The van der Waals surface area contributed by atoms with Gasteiger partial charge in [0, 0.05) is 81.5 Å². The largest absolute Gasteiger partial charge is 0.343 e. The number of benzene rings is 1. The van der Waals surface area contributed by atoms with E-state index in [2.05, 4.69) is 10.2 Å². The number of piperidine rings is 2. The molecule has 174 valence electrons. The molecule has 0 spiro atoms. The highest BCUT2D eigenvalue weighted by Crippen LogP contribution is 2.41. The van der Waals surface area contributed by atoms with Gasteiger partial charge in [-0.2, -0.15) is 0 Å². The number of anilines is 1. The van der Waals surface area contributed by atoms with Gasteiger partial charge < -0.3 is 14.8 Å². The molecule has 0 aliphatic carbocycles. The summed E-state index contributed by atoms with van der Waals surface area (Å²) in [6.07, 6.45) is 3.17. The van der Waals surface area contributed by atoms with Crippen molar-refractivity contribution in [3.63, 3.8) is 0 Å². The highest BCUT2D eigenvalue weighted by molar-refractivity contribution is 5.89. The minimum atomic E-state index is -0.0890. The second kappa shape index (κ2) is 8.78. The molecule has 1 aromatic heterocycles. The minimum Gasteiger partial charge on any atom is -0.343 e. The zero-order valence-corrected chi connectivity index (χ0v) is 19.4. The third-order valence-electron chi connectivity index (χ3n) is 7.56. The lowest BCUT2D eigenvalue weighted by molar-refractivity contribution is -0.130. The predicted molar refractivity (Wildman–Crippen MR) is 128 cm³/mol. The van der Waals surface area contributed by atoms with E-state index in [4.69, 9.17) is 0 Å². The Bertz CT molecular complexity index is 1120. The molecular weight excluding hydrogens is 416 g/mol. The summed E-state index contributed by atoms with van der Waals surface area (Å²) in [6.45, 7) is 7.60. The van der Waals surface area contributed by atoms with E-state index in [1.54, 1.807) is 13.0 Å². The van der Waals surface area contributed by atoms with Gasteiger partial charge in [0.05, 0.1) is 0 Å². The Kier molecular flexibility index (Phi) is 5.83. The number of carbonyl (C=O) groups excluding carboxylic acids is 2. The Morgan fingerprint density at radius 1 is 0.939 bits per heavy atom. The predicted octanol–water partition coefficient (Wildman–Crippen LogP) is 2.90. The molecule has 2 saturated heterocycles. The van der Waals surface area contributed by atoms with Crippen LogP contribution in [-0.2, 0) is 16.1 Å². The van der Waals surface area contributed by atoms with Crippen LogP contribution in [0.4, 0.5) is 5.69 Å². The van der Waals surface area contributed by atoms with E-state index in [-0.39, 0.29) is 17.4 Å². The van der Waals surface area contributed by atoms with Gasteiger partial charge in [0.15, 0.2) is 0 Å². The van der Waals surface area contributed by atoms with E-state index in [0.29, 0.717) is 17.9 Å². The van der Waals surface area contributed by atoms with Crippen molar-refractivity contribution in [1.29, 1.82) is 0 Å². The molecule has 1 aromatic carbocycles. The number of nitrogens with one attached hydrogen (secondary N) is 1. The van der Waals surface area contributed by atoms with Crippen LogP contribution in [-0.4, -0.2) is 58.4 Å². The quantitative estimate of drug-likeness (QED) is 0.784. The van der Waals surface area contributed by atoms with Gasteiger partial charge in [-0.05, 0) is 48.9 Å². The van der Waals surface area contributed by atoms with Crippen LogP contribution in [0.1, 0.15) is 44.7 Å². The molecule has 2 amide bonds. The van der Waals surface area contributed by atoms with Crippen LogP contribution in [0.15, 0.2) is 41.2 Å². The van der Waals surface area contributed by atoms with Crippen molar-refractivity contribution in [2.75, 3.05) is 31.5 Å². The van der Waals surface area contributed by atoms with Crippen molar-refractivity contribution in [2.24, 2.45) is 5.92 Å². The molecule has 3 aliphatic heterocycles. The van der Waals surface area contributed by atoms with E-state index in [1.165, 1.54) is 6.92 Å². The van der Waals surface area contributed by atoms with Crippen LogP contribution in [0.25, 0.3) is 11.1 Å². The molecule has 0 unspecified atom stereocenters. The topological polar surface area (TPSA) is 74.7 Å². The molecule has 4 heterocycles. The summed E-state index contributed by atoms with van der Waals surface area (Å²) in [5, 5.41) is 2.82. The van der Waals surface area contributed by atoms with Gasteiger partial charge in [-0.1, -0.05) is 12.1 Å². The third kappa shape index (κ3) is 4.34. The molecule has 2 bridgehead atoms. The Hall–Kier alpha value is -2.93. The minimum absolute atomic E-state index is 0.0848. The highest BCUT2D eigenvalue weighted by atomic mass is 16.2. The lowest BCUT2D eigenvalue weighted by atomic mass is 9.79. The average molecular weight is 449 g/mol. The van der Waals surface area contributed by atoms with Crippen LogP contribution < -0.4 is 10.9 Å². The van der Waals surface area contributed by atoms with Crippen molar-refractivity contribution >= 4 is 17.5 Å². The maximum Gasteiger partial charge on any atom is 0.250 e. The maximum atomic E-state index is 12.8. The molecule has 33 heavy (non-hydrogen) atoms. The van der Waals surface area contributed by atoms with E-state index in [9.17, 15) is 14.4 Å². The standard InChI is InChI=1S/C26H32N4O3/c1-17(31)27-22-5-3-20(4-6-22)24-7-8-25(33)30-15-19-13-21(26(24)30)16-29(14-19)23-9-11-28(12-10-23)18(2)32/h3-8,19,21,23H,9-16H2,1-2H3,(H,27,31)/t19-,21-/m0/s1. The van der Waals surface area contributed by atoms with E-state index in [0.717, 1.165) is 74.5 Å². The number of hydrogen-bond donors (Lipinski definition) is 1. The summed E-state index contributed by atoms with van der Waals surface area (Å²) in [7, 11) is 0. The Morgan fingerprint density at radius 2 is 1.67 bits per heavy atom. The smallest absolute Gasteiger partial charge is 0.250 e. The first kappa shape index (κ1) is 21.9. The fraction of sp³-hybridized carbons (Fsp3) is 0.500. The van der Waals surface area contributed by atoms with E-state index in [1.807, 2.05) is 39.8 Å². The zero-order chi connectivity index (χ0) is 23.1. The van der Waals surface area contributed by atoms with Crippen molar-refractivity contribution < 1.29 is 9.59 Å². The molecule has 2 fully saturated rings. The van der Waals surface area contributed by atoms with Crippen LogP contribution in [0, 0.1) is 5.92 Å². The van der Waals surface area contributed by atoms with Gasteiger partial charge in [-0.25, -0.2) is 0 Å². The van der Waals surface area contributed by atoms with Gasteiger partial charge in [0.2, 0.25) is 11.8 Å². The summed E-state index contributed by atoms with van der Waals surface area (Å²) in [5.41, 5.74) is 4.19. The molecule has 3 aliphatic rings. The Morgan fingerprint density at radius 3 is 2.33 bits per heavy atom. The molecule has 7 heteroatoms. The number of fused-ring (bicyclic) bond motifs is 4. The molecular formula is C26H32N4O3. The summed E-state index contributed by atoms with van der Waals surface area (Å²) in [6, 6.07) is 12.0. The molecule has 1 N–H and O–H groups in total.